The molecular weight excluding hydrogens is 319 g/mol. The Hall–Kier alpha value is -1.96. The Balaban J connectivity index is 2.37. The number of rotatable bonds is 3. The Labute approximate surface area is 120 Å². The van der Waals surface area contributed by atoms with Gasteiger partial charge in [-0.2, -0.15) is 13.2 Å². The van der Waals surface area contributed by atoms with E-state index in [0.29, 0.717) is 12.1 Å². The van der Waals surface area contributed by atoms with Crippen LogP contribution in [0.5, 0.6) is 5.88 Å². The summed E-state index contributed by atoms with van der Waals surface area (Å²) in [5.41, 5.74) is -0.601. The van der Waals surface area contributed by atoms with E-state index >= 15 is 0 Å². The molecule has 0 fully saturated rings. The van der Waals surface area contributed by atoms with Crippen LogP contribution in [0.25, 0.3) is 0 Å². The summed E-state index contributed by atoms with van der Waals surface area (Å²) in [6, 6.07) is 2.75. The summed E-state index contributed by atoms with van der Waals surface area (Å²) in [7, 11) is 0. The first-order valence-corrected chi connectivity index (χ1v) is 5.81. The standard InChI is InChI=1S/C12H6ClF5N2O/c13-9-4-10(20-5-19-9)21-11(12(16,17)18)6-1-2-7(14)8(15)3-6/h1-5,11H. The minimum Gasteiger partial charge on any atom is -0.460 e. The summed E-state index contributed by atoms with van der Waals surface area (Å²) in [6.07, 6.45) is -6.46. The molecule has 21 heavy (non-hydrogen) atoms. The highest BCUT2D eigenvalue weighted by molar-refractivity contribution is 6.29. The van der Waals surface area contributed by atoms with Gasteiger partial charge in [0.25, 0.3) is 0 Å². The van der Waals surface area contributed by atoms with Gasteiger partial charge >= 0.3 is 6.18 Å². The molecule has 0 aliphatic rings. The van der Waals surface area contributed by atoms with Crippen molar-refractivity contribution in [3.05, 3.63) is 52.9 Å². The van der Waals surface area contributed by atoms with E-state index in [-0.39, 0.29) is 5.15 Å². The minimum absolute atomic E-state index is 0.119. The summed E-state index contributed by atoms with van der Waals surface area (Å²) >= 11 is 5.51. The van der Waals surface area contributed by atoms with Crippen molar-refractivity contribution in [1.82, 2.24) is 9.97 Å². The van der Waals surface area contributed by atoms with Crippen molar-refractivity contribution in [2.45, 2.75) is 12.3 Å². The van der Waals surface area contributed by atoms with Crippen LogP contribution in [0.2, 0.25) is 5.15 Å². The molecule has 0 aliphatic carbocycles. The molecule has 0 saturated carbocycles. The molecule has 0 saturated heterocycles. The topological polar surface area (TPSA) is 35.0 Å². The van der Waals surface area contributed by atoms with E-state index in [2.05, 4.69) is 9.97 Å². The fourth-order valence-corrected chi connectivity index (χ4v) is 1.64. The van der Waals surface area contributed by atoms with E-state index in [9.17, 15) is 22.0 Å². The molecule has 9 heteroatoms. The molecule has 0 spiro atoms. The molecule has 0 N–H and O–H groups in total. The van der Waals surface area contributed by atoms with Crippen LogP contribution in [0.15, 0.2) is 30.6 Å². The number of hydrogen-bond acceptors (Lipinski definition) is 3. The highest BCUT2D eigenvalue weighted by Gasteiger charge is 2.43. The van der Waals surface area contributed by atoms with E-state index in [1.807, 2.05) is 0 Å². The van der Waals surface area contributed by atoms with Gasteiger partial charge in [0.15, 0.2) is 11.6 Å². The van der Waals surface area contributed by atoms with Crippen molar-refractivity contribution < 1.29 is 26.7 Å². The van der Waals surface area contributed by atoms with Gasteiger partial charge in [-0.1, -0.05) is 17.7 Å². The Morgan fingerprint density at radius 3 is 2.33 bits per heavy atom. The van der Waals surface area contributed by atoms with Crippen molar-refractivity contribution in [1.29, 1.82) is 0 Å². The minimum atomic E-state index is -4.86. The highest BCUT2D eigenvalue weighted by Crippen LogP contribution is 2.36. The van der Waals surface area contributed by atoms with Gasteiger partial charge in [-0.15, -0.1) is 0 Å². The lowest BCUT2D eigenvalue weighted by Gasteiger charge is -2.21. The van der Waals surface area contributed by atoms with Gasteiger partial charge in [0.1, 0.15) is 11.5 Å². The quantitative estimate of drug-likeness (QED) is 0.630. The molecular formula is C12H6ClF5N2O. The number of halogens is 6. The number of nitrogens with zero attached hydrogens (tertiary/aromatic N) is 2. The van der Waals surface area contributed by atoms with Crippen LogP contribution in [0.3, 0.4) is 0 Å². The van der Waals surface area contributed by atoms with Crippen LogP contribution >= 0.6 is 11.6 Å². The maximum atomic E-state index is 13.1. The second kappa shape index (κ2) is 5.80. The third-order valence-corrected chi connectivity index (χ3v) is 2.60. The van der Waals surface area contributed by atoms with Gasteiger partial charge in [-0.05, 0) is 12.1 Å². The van der Waals surface area contributed by atoms with E-state index in [0.717, 1.165) is 18.5 Å². The molecule has 1 aromatic heterocycles. The number of alkyl halides is 3. The molecule has 1 aromatic carbocycles. The normalized spacial score (nSPS) is 13.0. The average molecular weight is 325 g/mol. The smallest absolute Gasteiger partial charge is 0.429 e. The van der Waals surface area contributed by atoms with Gasteiger partial charge in [0.05, 0.1) is 0 Å². The van der Waals surface area contributed by atoms with Crippen LogP contribution in [-0.4, -0.2) is 16.1 Å². The fraction of sp³-hybridized carbons (Fsp3) is 0.167. The van der Waals surface area contributed by atoms with Crippen LogP contribution < -0.4 is 4.74 Å². The van der Waals surface area contributed by atoms with Crippen LogP contribution in [0.4, 0.5) is 22.0 Å². The third-order valence-electron chi connectivity index (χ3n) is 2.39. The number of benzene rings is 1. The molecule has 1 atom stereocenters. The lowest BCUT2D eigenvalue weighted by Crippen LogP contribution is -2.26. The van der Waals surface area contributed by atoms with Gasteiger partial charge < -0.3 is 4.74 Å². The Morgan fingerprint density at radius 1 is 1.05 bits per heavy atom. The predicted octanol–water partition coefficient (Wildman–Crippen LogP) is 4.09. The molecule has 112 valence electrons. The SMILES string of the molecule is Fc1ccc(C(Oc2cc(Cl)ncn2)C(F)(F)F)cc1F. The number of ether oxygens (including phenoxy) is 1. The summed E-state index contributed by atoms with van der Waals surface area (Å²) in [4.78, 5) is 6.96. The van der Waals surface area contributed by atoms with Crippen molar-refractivity contribution >= 4 is 11.6 Å². The molecule has 0 radical (unpaired) electrons. The Bertz CT molecular complexity index is 650. The maximum Gasteiger partial charge on any atom is 0.429 e. The monoisotopic (exact) mass is 324 g/mol. The zero-order chi connectivity index (χ0) is 15.6. The lowest BCUT2D eigenvalue weighted by molar-refractivity contribution is -0.198. The van der Waals surface area contributed by atoms with Crippen molar-refractivity contribution in [3.63, 3.8) is 0 Å². The van der Waals surface area contributed by atoms with E-state index in [1.165, 1.54) is 0 Å². The number of aromatic nitrogens is 2. The molecule has 2 aromatic rings. The van der Waals surface area contributed by atoms with Gasteiger partial charge in [-0.25, -0.2) is 18.7 Å². The summed E-state index contributed by atoms with van der Waals surface area (Å²) in [5.74, 6) is -3.11. The lowest BCUT2D eigenvalue weighted by atomic mass is 10.1. The van der Waals surface area contributed by atoms with Crippen LogP contribution in [0.1, 0.15) is 11.7 Å². The van der Waals surface area contributed by atoms with E-state index < -0.39 is 35.4 Å². The van der Waals surface area contributed by atoms with Crippen LogP contribution in [0, 0.1) is 11.6 Å². The maximum absolute atomic E-state index is 13.1. The summed E-state index contributed by atoms with van der Waals surface area (Å²) in [6.45, 7) is 0. The zero-order valence-electron chi connectivity index (χ0n) is 10.0. The average Bonchev–Trinajstić information content (AvgIpc) is 2.38. The molecule has 0 amide bonds. The molecule has 3 nitrogen and oxygen atoms in total. The first kappa shape index (κ1) is 15.4. The first-order chi connectivity index (χ1) is 9.77. The molecule has 1 unspecified atom stereocenters. The Morgan fingerprint density at radius 2 is 1.76 bits per heavy atom. The van der Waals surface area contributed by atoms with Crippen molar-refractivity contribution in [2.75, 3.05) is 0 Å². The molecule has 1 heterocycles. The van der Waals surface area contributed by atoms with Crippen LogP contribution in [-0.2, 0) is 0 Å². The van der Waals surface area contributed by atoms with Crippen molar-refractivity contribution in [3.8, 4) is 5.88 Å². The fourth-order valence-electron chi connectivity index (χ4n) is 1.50. The second-order valence-corrected chi connectivity index (χ2v) is 4.28. The highest BCUT2D eigenvalue weighted by atomic mass is 35.5. The predicted molar refractivity (Wildman–Crippen MR) is 62.8 cm³/mol. The van der Waals surface area contributed by atoms with E-state index in [1.54, 1.807) is 0 Å². The van der Waals surface area contributed by atoms with Crippen molar-refractivity contribution in [2.24, 2.45) is 0 Å². The van der Waals surface area contributed by atoms with Gasteiger partial charge in [0.2, 0.25) is 12.0 Å². The third kappa shape index (κ3) is 3.78. The van der Waals surface area contributed by atoms with E-state index in [4.69, 9.17) is 16.3 Å². The second-order valence-electron chi connectivity index (χ2n) is 3.89. The number of hydrogen-bond donors (Lipinski definition) is 0. The summed E-state index contributed by atoms with van der Waals surface area (Å²) in [5, 5.41) is -0.119. The largest absolute Gasteiger partial charge is 0.460 e. The Kier molecular flexibility index (Phi) is 4.26. The summed E-state index contributed by atoms with van der Waals surface area (Å²) < 4.78 is 69.6. The molecule has 0 aliphatic heterocycles. The van der Waals surface area contributed by atoms with Gasteiger partial charge in [-0.3, -0.25) is 0 Å². The zero-order valence-corrected chi connectivity index (χ0v) is 10.8. The van der Waals surface area contributed by atoms with Gasteiger partial charge in [0, 0.05) is 11.6 Å². The first-order valence-electron chi connectivity index (χ1n) is 5.43. The molecule has 0 bridgehead atoms. The molecule has 2 rings (SSSR count).